The third-order valence-corrected chi connectivity index (χ3v) is 10.8. The molecule has 8 aromatic carbocycles. The molecule has 0 radical (unpaired) electrons. The van der Waals surface area contributed by atoms with E-state index in [0.29, 0.717) is 30.3 Å². The van der Waals surface area contributed by atoms with E-state index in [1.807, 2.05) is 18.2 Å². The summed E-state index contributed by atoms with van der Waals surface area (Å²) in [4.78, 5) is 10.2. The molecule has 5 heteroatoms. The van der Waals surface area contributed by atoms with E-state index in [-0.39, 0.29) is 6.61 Å². The van der Waals surface area contributed by atoms with Crippen LogP contribution in [0.3, 0.4) is 0 Å². The van der Waals surface area contributed by atoms with E-state index in [9.17, 15) is 9.90 Å². The normalized spacial score (nSPS) is 11.1. The first-order valence-corrected chi connectivity index (χ1v) is 20.1. The number of carboxylic acid groups (broad SMARTS) is 1. The molecular formula is C52H50O5. The van der Waals surface area contributed by atoms with Gasteiger partial charge in [-0.05, 0) is 110 Å². The summed E-state index contributed by atoms with van der Waals surface area (Å²) in [5.74, 6) is 0.490. The van der Waals surface area contributed by atoms with Gasteiger partial charge in [0.15, 0.2) is 0 Å². The van der Waals surface area contributed by atoms with Crippen LogP contribution in [0, 0.1) is 0 Å². The van der Waals surface area contributed by atoms with E-state index in [1.165, 1.54) is 65.3 Å². The number of carbonyl (C=O) groups is 1. The summed E-state index contributed by atoms with van der Waals surface area (Å²) in [5.41, 5.74) is 6.29. The largest absolute Gasteiger partial charge is 0.489 e. The van der Waals surface area contributed by atoms with E-state index < -0.39 is 5.97 Å². The van der Waals surface area contributed by atoms with E-state index in [2.05, 4.69) is 111 Å². The van der Waals surface area contributed by atoms with Crippen LogP contribution in [0.1, 0.15) is 77.7 Å². The predicted octanol–water partition coefficient (Wildman–Crippen LogP) is 13.0. The number of hydrogen-bond donors (Lipinski definition) is 2. The summed E-state index contributed by atoms with van der Waals surface area (Å²) in [6, 6.07) is 49.0. The van der Waals surface area contributed by atoms with Gasteiger partial charge in [0, 0.05) is 17.2 Å². The van der Waals surface area contributed by atoms with Gasteiger partial charge in [-0.15, -0.1) is 0 Å². The zero-order valence-electron chi connectivity index (χ0n) is 32.8. The van der Waals surface area contributed by atoms with Gasteiger partial charge < -0.3 is 19.7 Å². The van der Waals surface area contributed by atoms with Gasteiger partial charge in [-0.3, -0.25) is 0 Å². The minimum atomic E-state index is -0.879. The Hall–Kier alpha value is -6.17. The molecule has 0 spiro atoms. The number of carboxylic acids is 1. The van der Waals surface area contributed by atoms with Gasteiger partial charge in [0.25, 0.3) is 0 Å². The average Bonchev–Trinajstić information content (AvgIpc) is 3.26. The van der Waals surface area contributed by atoms with Crippen molar-refractivity contribution in [3.05, 3.63) is 179 Å². The minimum Gasteiger partial charge on any atom is -0.489 e. The first-order chi connectivity index (χ1) is 28.0. The molecular weight excluding hydrogens is 705 g/mol. The topological polar surface area (TPSA) is 76.0 Å². The lowest BCUT2D eigenvalue weighted by atomic mass is 9.90. The van der Waals surface area contributed by atoms with Crippen LogP contribution < -0.4 is 9.47 Å². The van der Waals surface area contributed by atoms with Crippen molar-refractivity contribution in [2.45, 2.75) is 72.2 Å². The lowest BCUT2D eigenvalue weighted by Crippen LogP contribution is -2.03. The van der Waals surface area contributed by atoms with Gasteiger partial charge in [-0.2, -0.15) is 0 Å². The smallest absolute Gasteiger partial charge is 0.335 e. The lowest BCUT2D eigenvalue weighted by molar-refractivity contribution is 0.0697. The molecule has 288 valence electrons. The molecule has 8 rings (SSSR count). The maximum Gasteiger partial charge on any atom is 0.335 e. The Morgan fingerprint density at radius 3 is 1.11 bits per heavy atom. The Bertz CT molecular complexity index is 2360. The Morgan fingerprint density at radius 1 is 0.474 bits per heavy atom. The number of benzene rings is 8. The number of fused-ring (bicyclic) bond motifs is 4. The van der Waals surface area contributed by atoms with Crippen LogP contribution in [0.25, 0.3) is 43.1 Å². The molecule has 0 aliphatic rings. The molecule has 0 heterocycles. The minimum absolute atomic E-state index is 0.0937. The number of unbranched alkanes of at least 4 members (excludes halogenated alkanes) is 2. The number of hydrogen-bond acceptors (Lipinski definition) is 4. The van der Waals surface area contributed by atoms with Gasteiger partial charge in [0.2, 0.25) is 0 Å². The Morgan fingerprint density at radius 2 is 0.807 bits per heavy atom. The Balaban J connectivity index is 0.000000487. The van der Waals surface area contributed by atoms with Crippen molar-refractivity contribution in [3.63, 3.8) is 0 Å². The van der Waals surface area contributed by atoms with Crippen molar-refractivity contribution in [1.82, 2.24) is 0 Å². The number of aliphatic hydroxyl groups excluding tert-OH is 1. The van der Waals surface area contributed by atoms with Crippen LogP contribution in [-0.4, -0.2) is 16.2 Å². The molecule has 8 aromatic rings. The number of aliphatic hydroxyl groups is 1. The SMILES string of the molecule is CCCCc1c2ccccc2c(COc2cc(CO)cc(OCc3c4ccccc4c(CCCC)c4ccccc34)c2)c2ccccc12.O=C(O)c1ccccc1. The molecule has 0 aromatic heterocycles. The highest BCUT2D eigenvalue weighted by Gasteiger charge is 2.16. The molecule has 5 nitrogen and oxygen atoms in total. The van der Waals surface area contributed by atoms with Crippen molar-refractivity contribution in [1.29, 1.82) is 0 Å². The van der Waals surface area contributed by atoms with Crippen LogP contribution in [0.5, 0.6) is 11.5 Å². The van der Waals surface area contributed by atoms with Gasteiger partial charge in [-0.1, -0.05) is 142 Å². The van der Waals surface area contributed by atoms with Crippen LogP contribution >= 0.6 is 0 Å². The molecule has 0 bridgehead atoms. The quantitative estimate of drug-likeness (QED) is 0.108. The third-order valence-electron chi connectivity index (χ3n) is 10.8. The van der Waals surface area contributed by atoms with Crippen molar-refractivity contribution in [2.24, 2.45) is 0 Å². The second-order valence-electron chi connectivity index (χ2n) is 14.5. The number of aryl methyl sites for hydroxylation is 2. The number of rotatable bonds is 14. The highest BCUT2D eigenvalue weighted by Crippen LogP contribution is 2.37. The highest BCUT2D eigenvalue weighted by molar-refractivity contribution is 6.07. The Labute approximate surface area is 335 Å². The maximum atomic E-state index is 10.2. The Kier molecular flexibility index (Phi) is 12.8. The molecule has 0 fully saturated rings. The average molecular weight is 755 g/mol. The van der Waals surface area contributed by atoms with Gasteiger partial charge in [0.1, 0.15) is 24.7 Å². The van der Waals surface area contributed by atoms with Crippen LogP contribution in [0.15, 0.2) is 146 Å². The fraction of sp³-hybridized carbons (Fsp3) is 0.212. The number of aromatic carboxylic acids is 1. The van der Waals surface area contributed by atoms with E-state index in [1.54, 1.807) is 30.3 Å². The summed E-state index contributed by atoms with van der Waals surface area (Å²) >= 11 is 0. The molecule has 0 aliphatic carbocycles. The molecule has 57 heavy (non-hydrogen) atoms. The van der Waals surface area contributed by atoms with Gasteiger partial charge in [0.05, 0.1) is 12.2 Å². The van der Waals surface area contributed by atoms with Crippen molar-refractivity contribution < 1.29 is 24.5 Å². The third kappa shape index (κ3) is 8.80. The molecule has 2 N–H and O–H groups in total. The summed E-state index contributed by atoms with van der Waals surface area (Å²) < 4.78 is 13.1. The lowest BCUT2D eigenvalue weighted by Gasteiger charge is -2.19. The predicted molar refractivity (Wildman–Crippen MR) is 235 cm³/mol. The molecule has 0 unspecified atom stereocenters. The number of ether oxygens (including phenoxy) is 2. The molecule has 0 amide bonds. The highest BCUT2D eigenvalue weighted by atomic mass is 16.5. The van der Waals surface area contributed by atoms with Crippen molar-refractivity contribution in [2.75, 3.05) is 0 Å². The monoisotopic (exact) mass is 754 g/mol. The van der Waals surface area contributed by atoms with Crippen LogP contribution in [0.4, 0.5) is 0 Å². The summed E-state index contributed by atoms with van der Waals surface area (Å²) in [5, 5.41) is 28.7. The summed E-state index contributed by atoms with van der Waals surface area (Å²) in [6.07, 6.45) is 6.77. The van der Waals surface area contributed by atoms with Gasteiger partial charge in [-0.25, -0.2) is 4.79 Å². The van der Waals surface area contributed by atoms with Crippen LogP contribution in [-0.2, 0) is 32.7 Å². The molecule has 0 saturated heterocycles. The standard InChI is InChI=1S/C45H44O3.C7H6O2/c1-3-5-15-34-36-17-7-11-21-40(36)44(41-22-12-8-18-37(34)41)29-47-32-25-31(28-46)26-33(27-32)48-30-45-42-23-13-9-19-38(42)35(16-6-4-2)39-20-10-14-24-43(39)45;8-7(9)6-4-2-1-3-5-6/h7-14,17-27,46H,3-6,15-16,28-30H2,1-2H3;1-5H,(H,8,9). The van der Waals surface area contributed by atoms with E-state index in [0.717, 1.165) is 44.1 Å². The van der Waals surface area contributed by atoms with Gasteiger partial charge >= 0.3 is 5.97 Å². The summed E-state index contributed by atoms with van der Waals surface area (Å²) in [6.45, 7) is 5.23. The van der Waals surface area contributed by atoms with Crippen LogP contribution in [0.2, 0.25) is 0 Å². The zero-order valence-corrected chi connectivity index (χ0v) is 32.8. The second kappa shape index (κ2) is 18.6. The van der Waals surface area contributed by atoms with Crippen molar-refractivity contribution in [3.8, 4) is 11.5 Å². The fourth-order valence-electron chi connectivity index (χ4n) is 7.96. The molecule has 0 saturated carbocycles. The van der Waals surface area contributed by atoms with Crippen molar-refractivity contribution >= 4 is 49.1 Å². The second-order valence-corrected chi connectivity index (χ2v) is 14.5. The summed E-state index contributed by atoms with van der Waals surface area (Å²) in [7, 11) is 0. The maximum absolute atomic E-state index is 10.2. The zero-order chi connectivity index (χ0) is 39.6. The molecule has 0 atom stereocenters. The van der Waals surface area contributed by atoms with E-state index in [4.69, 9.17) is 14.6 Å². The molecule has 0 aliphatic heterocycles. The fourth-order valence-corrected chi connectivity index (χ4v) is 7.96. The first kappa shape index (κ1) is 39.1. The first-order valence-electron chi connectivity index (χ1n) is 20.1. The van der Waals surface area contributed by atoms with E-state index >= 15 is 0 Å².